The van der Waals surface area contributed by atoms with Crippen molar-refractivity contribution < 1.29 is 4.74 Å². The molecule has 0 radical (unpaired) electrons. The van der Waals surface area contributed by atoms with E-state index in [0.717, 1.165) is 47.9 Å². The number of hydrogen-bond acceptors (Lipinski definition) is 2. The Morgan fingerprint density at radius 1 is 1.50 bits per heavy atom. The first-order valence-corrected chi connectivity index (χ1v) is 7.88. The van der Waals surface area contributed by atoms with Gasteiger partial charge in [-0.15, -0.1) is 11.6 Å². The van der Waals surface area contributed by atoms with Gasteiger partial charge in [0.05, 0.1) is 22.5 Å². The number of benzene rings is 1. The summed E-state index contributed by atoms with van der Waals surface area (Å²) in [6, 6.07) is 5.77. The lowest BCUT2D eigenvalue weighted by molar-refractivity contribution is 0.100. The summed E-state index contributed by atoms with van der Waals surface area (Å²) in [6.45, 7) is 3.71. The Balaban J connectivity index is 1.92. The molecule has 2 atom stereocenters. The molecule has 1 saturated heterocycles. The number of imidazole rings is 1. The van der Waals surface area contributed by atoms with Gasteiger partial charge in [-0.2, -0.15) is 0 Å². The van der Waals surface area contributed by atoms with E-state index in [1.165, 1.54) is 6.42 Å². The fraction of sp³-hybridized carbons (Fsp3) is 0.533. The van der Waals surface area contributed by atoms with E-state index in [-0.39, 0.29) is 5.38 Å². The Kier molecular flexibility index (Phi) is 4.20. The second kappa shape index (κ2) is 5.92. The normalized spacial score (nSPS) is 20.6. The minimum atomic E-state index is -0.120. The summed E-state index contributed by atoms with van der Waals surface area (Å²) in [6.07, 6.45) is 3.68. The number of alkyl halides is 1. The molecule has 0 amide bonds. The maximum absolute atomic E-state index is 6.27. The van der Waals surface area contributed by atoms with Crippen LogP contribution in [-0.2, 0) is 11.3 Å². The number of halogens is 2. The lowest BCUT2D eigenvalue weighted by Gasteiger charge is -2.13. The highest BCUT2D eigenvalue weighted by atomic mass is 35.5. The van der Waals surface area contributed by atoms with E-state index in [1.54, 1.807) is 0 Å². The van der Waals surface area contributed by atoms with E-state index in [0.29, 0.717) is 6.10 Å². The molecule has 0 bridgehead atoms. The number of fused-ring (bicyclic) bond motifs is 1. The van der Waals surface area contributed by atoms with Crippen LogP contribution in [0.5, 0.6) is 0 Å². The Morgan fingerprint density at radius 2 is 2.35 bits per heavy atom. The molecule has 1 aliphatic heterocycles. The second-order valence-electron chi connectivity index (χ2n) is 5.29. The zero-order valence-electron chi connectivity index (χ0n) is 11.5. The van der Waals surface area contributed by atoms with Gasteiger partial charge in [-0.25, -0.2) is 4.98 Å². The Morgan fingerprint density at radius 3 is 3.05 bits per heavy atom. The summed E-state index contributed by atoms with van der Waals surface area (Å²) >= 11 is 12.4. The molecule has 1 aromatic heterocycles. The molecule has 0 aliphatic carbocycles. The lowest BCUT2D eigenvalue weighted by Crippen LogP contribution is -2.12. The number of nitrogens with zero attached hydrogens (tertiary/aromatic N) is 2. The molecule has 1 fully saturated rings. The molecule has 2 unspecified atom stereocenters. The monoisotopic (exact) mass is 312 g/mol. The zero-order valence-corrected chi connectivity index (χ0v) is 13.0. The van der Waals surface area contributed by atoms with Crippen molar-refractivity contribution in [3.8, 4) is 0 Å². The molecule has 5 heteroatoms. The van der Waals surface area contributed by atoms with Crippen LogP contribution in [0, 0.1) is 0 Å². The molecule has 0 N–H and O–H groups in total. The summed E-state index contributed by atoms with van der Waals surface area (Å²) in [5, 5.41) is 0.607. The van der Waals surface area contributed by atoms with Crippen molar-refractivity contribution in [1.82, 2.24) is 9.55 Å². The van der Waals surface area contributed by atoms with Gasteiger partial charge in [0, 0.05) is 18.2 Å². The molecule has 0 saturated carbocycles. The van der Waals surface area contributed by atoms with Gasteiger partial charge in [0.25, 0.3) is 0 Å². The lowest BCUT2D eigenvalue weighted by atomic mass is 10.2. The highest BCUT2D eigenvalue weighted by Crippen LogP contribution is 2.27. The third kappa shape index (κ3) is 2.80. The van der Waals surface area contributed by atoms with Gasteiger partial charge < -0.3 is 9.30 Å². The quantitative estimate of drug-likeness (QED) is 0.774. The second-order valence-corrected chi connectivity index (χ2v) is 6.39. The SMILES string of the molecule is CC(Cl)c1nc2ccc(Cl)cc2n1CCC1CCCO1. The third-order valence-electron chi connectivity index (χ3n) is 3.79. The van der Waals surface area contributed by atoms with Crippen LogP contribution < -0.4 is 0 Å². The summed E-state index contributed by atoms with van der Waals surface area (Å²) < 4.78 is 7.88. The van der Waals surface area contributed by atoms with Crippen LogP contribution in [0.4, 0.5) is 0 Å². The molecule has 2 aromatic rings. The van der Waals surface area contributed by atoms with Crippen molar-refractivity contribution in [3.63, 3.8) is 0 Å². The first-order valence-electron chi connectivity index (χ1n) is 7.06. The number of rotatable bonds is 4. The minimum Gasteiger partial charge on any atom is -0.378 e. The van der Waals surface area contributed by atoms with Gasteiger partial charge in [0.2, 0.25) is 0 Å². The molecule has 2 heterocycles. The van der Waals surface area contributed by atoms with Gasteiger partial charge in [0.1, 0.15) is 5.82 Å². The van der Waals surface area contributed by atoms with E-state index in [4.69, 9.17) is 27.9 Å². The van der Waals surface area contributed by atoms with Crippen molar-refractivity contribution in [2.24, 2.45) is 0 Å². The van der Waals surface area contributed by atoms with Gasteiger partial charge in [-0.1, -0.05) is 11.6 Å². The first-order chi connectivity index (χ1) is 9.65. The van der Waals surface area contributed by atoms with E-state index in [9.17, 15) is 0 Å². The fourth-order valence-electron chi connectivity index (χ4n) is 2.80. The van der Waals surface area contributed by atoms with Crippen molar-refractivity contribution in [1.29, 1.82) is 0 Å². The summed E-state index contributed by atoms with van der Waals surface area (Å²) in [7, 11) is 0. The molecule has 3 rings (SSSR count). The van der Waals surface area contributed by atoms with Crippen LogP contribution in [0.2, 0.25) is 5.02 Å². The third-order valence-corrected chi connectivity index (χ3v) is 4.22. The number of hydrogen-bond donors (Lipinski definition) is 0. The standard InChI is InChI=1S/C15H18Cl2N2O/c1-10(16)15-18-13-5-4-11(17)9-14(13)19(15)7-6-12-3-2-8-20-12/h4-5,9-10,12H,2-3,6-8H2,1H3. The van der Waals surface area contributed by atoms with E-state index in [1.807, 2.05) is 25.1 Å². The average Bonchev–Trinajstić information content (AvgIpc) is 3.03. The highest BCUT2D eigenvalue weighted by Gasteiger charge is 2.19. The molecule has 1 aliphatic rings. The van der Waals surface area contributed by atoms with E-state index in [2.05, 4.69) is 9.55 Å². The largest absolute Gasteiger partial charge is 0.378 e. The van der Waals surface area contributed by atoms with Gasteiger partial charge in [-0.3, -0.25) is 0 Å². The maximum Gasteiger partial charge on any atom is 0.127 e. The molecular formula is C15H18Cl2N2O. The number of aromatic nitrogens is 2. The van der Waals surface area contributed by atoms with E-state index < -0.39 is 0 Å². The van der Waals surface area contributed by atoms with Crippen LogP contribution in [0.25, 0.3) is 11.0 Å². The maximum atomic E-state index is 6.27. The summed E-state index contributed by atoms with van der Waals surface area (Å²) in [4.78, 5) is 4.63. The van der Waals surface area contributed by atoms with Crippen LogP contribution in [0.1, 0.15) is 37.4 Å². The zero-order chi connectivity index (χ0) is 14.1. The van der Waals surface area contributed by atoms with Crippen LogP contribution in [0.3, 0.4) is 0 Å². The van der Waals surface area contributed by atoms with Gasteiger partial charge >= 0.3 is 0 Å². The minimum absolute atomic E-state index is 0.120. The molecule has 3 nitrogen and oxygen atoms in total. The predicted molar refractivity (Wildman–Crippen MR) is 82.6 cm³/mol. The van der Waals surface area contributed by atoms with Crippen molar-refractivity contribution >= 4 is 34.2 Å². The fourth-order valence-corrected chi connectivity index (χ4v) is 3.13. The van der Waals surface area contributed by atoms with Crippen molar-refractivity contribution in [3.05, 3.63) is 29.0 Å². The van der Waals surface area contributed by atoms with Gasteiger partial charge in [-0.05, 0) is 44.4 Å². The first kappa shape index (κ1) is 14.2. The summed E-state index contributed by atoms with van der Waals surface area (Å²) in [5.74, 6) is 0.905. The molecule has 108 valence electrons. The van der Waals surface area contributed by atoms with Crippen LogP contribution >= 0.6 is 23.2 Å². The molecule has 0 spiro atoms. The number of ether oxygens (including phenoxy) is 1. The van der Waals surface area contributed by atoms with Crippen LogP contribution in [-0.4, -0.2) is 22.3 Å². The van der Waals surface area contributed by atoms with Crippen LogP contribution in [0.15, 0.2) is 18.2 Å². The molecule has 20 heavy (non-hydrogen) atoms. The Hall–Kier alpha value is -0.770. The topological polar surface area (TPSA) is 27.1 Å². The van der Waals surface area contributed by atoms with E-state index >= 15 is 0 Å². The van der Waals surface area contributed by atoms with Crippen molar-refractivity contribution in [2.45, 2.75) is 44.2 Å². The smallest absolute Gasteiger partial charge is 0.127 e. The summed E-state index contributed by atoms with van der Waals surface area (Å²) in [5.41, 5.74) is 2.00. The number of aryl methyl sites for hydroxylation is 1. The molecular weight excluding hydrogens is 295 g/mol. The Labute approximate surface area is 128 Å². The Bertz CT molecular complexity index is 603. The average molecular weight is 313 g/mol. The highest BCUT2D eigenvalue weighted by molar-refractivity contribution is 6.31. The molecule has 1 aromatic carbocycles. The van der Waals surface area contributed by atoms with Crippen molar-refractivity contribution in [2.75, 3.05) is 6.61 Å². The van der Waals surface area contributed by atoms with Gasteiger partial charge in [0.15, 0.2) is 0 Å². The predicted octanol–water partition coefficient (Wildman–Crippen LogP) is 4.56.